The highest BCUT2D eigenvalue weighted by molar-refractivity contribution is 5.87. The molecule has 0 bridgehead atoms. The van der Waals surface area contributed by atoms with Gasteiger partial charge in [0.2, 0.25) is 0 Å². The Labute approximate surface area is 114 Å². The summed E-state index contributed by atoms with van der Waals surface area (Å²) in [4.78, 5) is 0. The fraction of sp³-hybridized carbons (Fsp3) is 0.231. The molecule has 0 spiro atoms. The molecule has 0 fully saturated rings. The van der Waals surface area contributed by atoms with E-state index in [0.29, 0.717) is 17.1 Å². The van der Waals surface area contributed by atoms with Crippen LogP contribution in [0.5, 0.6) is 11.8 Å². The summed E-state index contributed by atoms with van der Waals surface area (Å²) in [5.41, 5.74) is 0.658. The smallest absolute Gasteiger partial charge is 0.414 e. The zero-order chi connectivity index (χ0) is 13.9. The normalized spacial score (nSPS) is 10.9. The fourth-order valence-electron chi connectivity index (χ4n) is 1.78. The first-order chi connectivity index (χ1) is 9.81. The Balaban J connectivity index is 2.01. The summed E-state index contributed by atoms with van der Waals surface area (Å²) < 4.78 is 26.1. The van der Waals surface area contributed by atoms with Crippen LogP contribution in [-0.4, -0.2) is 31.2 Å². The van der Waals surface area contributed by atoms with Gasteiger partial charge in [-0.3, -0.25) is 0 Å². The Bertz CT molecular complexity index is 718. The van der Waals surface area contributed by atoms with Crippen LogP contribution in [0.25, 0.3) is 22.6 Å². The number of hydrogen-bond donors (Lipinski definition) is 0. The largest absolute Gasteiger partial charge is 0.467 e. The molecule has 0 unspecified atom stereocenters. The van der Waals surface area contributed by atoms with Crippen molar-refractivity contribution in [1.82, 2.24) is 10.2 Å². The molecule has 3 aromatic rings. The van der Waals surface area contributed by atoms with Crippen LogP contribution in [0, 0.1) is 0 Å². The molecule has 0 amide bonds. The predicted molar refractivity (Wildman–Crippen MR) is 68.6 cm³/mol. The van der Waals surface area contributed by atoms with Crippen molar-refractivity contribution in [3.8, 4) is 23.5 Å². The van der Waals surface area contributed by atoms with Crippen LogP contribution < -0.4 is 9.47 Å². The number of ether oxygens (including phenoxy) is 3. The number of nitrogens with zero attached hydrogens (tertiary/aromatic N) is 2. The van der Waals surface area contributed by atoms with E-state index in [1.165, 1.54) is 7.11 Å². The summed E-state index contributed by atoms with van der Waals surface area (Å²) >= 11 is 0. The van der Waals surface area contributed by atoms with Gasteiger partial charge in [-0.1, -0.05) is 11.2 Å². The van der Waals surface area contributed by atoms with Gasteiger partial charge in [0.15, 0.2) is 12.6 Å². The lowest BCUT2D eigenvalue weighted by atomic mass is 10.2. The van der Waals surface area contributed by atoms with Gasteiger partial charge in [0, 0.05) is 13.2 Å². The van der Waals surface area contributed by atoms with E-state index in [4.69, 9.17) is 23.0 Å². The highest BCUT2D eigenvalue weighted by Gasteiger charge is 2.16. The predicted octanol–water partition coefficient (Wildman–Crippen LogP) is 2.47. The van der Waals surface area contributed by atoms with E-state index in [2.05, 4.69) is 10.2 Å². The summed E-state index contributed by atoms with van der Waals surface area (Å²) in [6.07, 6.45) is 0.0799. The summed E-state index contributed by atoms with van der Waals surface area (Å²) in [6.45, 7) is 0.161. The van der Waals surface area contributed by atoms with Gasteiger partial charge in [0.1, 0.15) is 11.3 Å². The second kappa shape index (κ2) is 5.22. The topological polar surface area (TPSA) is 79.8 Å². The lowest BCUT2D eigenvalue weighted by molar-refractivity contribution is 0.0522. The number of furan rings is 1. The molecular weight excluding hydrogens is 264 g/mol. The van der Waals surface area contributed by atoms with Gasteiger partial charge in [-0.2, -0.15) is 0 Å². The molecule has 2 aromatic heterocycles. The quantitative estimate of drug-likeness (QED) is 0.662. The molecule has 0 saturated carbocycles. The van der Waals surface area contributed by atoms with Crippen LogP contribution in [0.15, 0.2) is 33.1 Å². The molecule has 1 aromatic carbocycles. The van der Waals surface area contributed by atoms with Gasteiger partial charge in [-0.15, -0.1) is 5.10 Å². The summed E-state index contributed by atoms with van der Waals surface area (Å²) in [5, 5.41) is 8.35. The SMILES string of the molecule is COCOc1cccc2oc(-c3nnc(OC)o3)cc12. The minimum atomic E-state index is 0.0799. The molecular formula is C13H12N2O5. The Kier molecular flexibility index (Phi) is 3.26. The van der Waals surface area contributed by atoms with Gasteiger partial charge in [-0.25, -0.2) is 0 Å². The highest BCUT2D eigenvalue weighted by Crippen LogP contribution is 2.33. The molecule has 0 aliphatic rings. The standard InChI is InChI=1S/C13H12N2O5/c1-16-7-18-9-4-3-5-10-8(9)6-11(19-10)12-14-15-13(17-2)20-12/h3-6H,7H2,1-2H3. The number of aromatic nitrogens is 2. The maximum absolute atomic E-state index is 5.66. The Morgan fingerprint density at radius 1 is 1.15 bits per heavy atom. The van der Waals surface area contributed by atoms with Crippen molar-refractivity contribution >= 4 is 11.0 Å². The maximum atomic E-state index is 5.66. The third-order valence-electron chi connectivity index (χ3n) is 2.65. The summed E-state index contributed by atoms with van der Waals surface area (Å²) in [7, 11) is 3.01. The van der Waals surface area contributed by atoms with Crippen LogP contribution in [0.1, 0.15) is 0 Å². The molecule has 0 saturated heterocycles. The first-order valence-electron chi connectivity index (χ1n) is 5.84. The fourth-order valence-corrected chi connectivity index (χ4v) is 1.78. The van der Waals surface area contributed by atoms with Crippen molar-refractivity contribution in [3.05, 3.63) is 24.3 Å². The molecule has 0 aliphatic carbocycles. The van der Waals surface area contributed by atoms with Gasteiger partial charge in [0.05, 0.1) is 12.5 Å². The molecule has 0 aliphatic heterocycles. The first kappa shape index (κ1) is 12.5. The average molecular weight is 276 g/mol. The Hall–Kier alpha value is -2.54. The molecule has 0 atom stereocenters. The second-order valence-electron chi connectivity index (χ2n) is 3.91. The molecule has 0 radical (unpaired) electrons. The number of benzene rings is 1. The third kappa shape index (κ3) is 2.19. The highest BCUT2D eigenvalue weighted by atomic mass is 16.7. The number of methoxy groups -OCH3 is 2. The van der Waals surface area contributed by atoms with E-state index < -0.39 is 0 Å². The van der Waals surface area contributed by atoms with E-state index >= 15 is 0 Å². The van der Waals surface area contributed by atoms with Crippen molar-refractivity contribution in [2.45, 2.75) is 0 Å². The monoisotopic (exact) mass is 276 g/mol. The van der Waals surface area contributed by atoms with Crippen molar-refractivity contribution in [2.24, 2.45) is 0 Å². The molecule has 2 heterocycles. The van der Waals surface area contributed by atoms with Crippen molar-refractivity contribution in [1.29, 1.82) is 0 Å². The molecule has 0 N–H and O–H groups in total. The van der Waals surface area contributed by atoms with Crippen LogP contribution >= 0.6 is 0 Å². The van der Waals surface area contributed by atoms with Crippen molar-refractivity contribution in [2.75, 3.05) is 21.0 Å². The summed E-state index contributed by atoms with van der Waals surface area (Å²) in [5.74, 6) is 1.35. The van der Waals surface area contributed by atoms with E-state index in [-0.39, 0.29) is 18.8 Å². The van der Waals surface area contributed by atoms with E-state index in [0.717, 1.165) is 5.39 Å². The van der Waals surface area contributed by atoms with Crippen LogP contribution in [0.3, 0.4) is 0 Å². The average Bonchev–Trinajstić information content (AvgIpc) is 3.10. The Morgan fingerprint density at radius 2 is 2.05 bits per heavy atom. The first-order valence-corrected chi connectivity index (χ1v) is 5.84. The number of fused-ring (bicyclic) bond motifs is 1. The van der Waals surface area contributed by atoms with Crippen molar-refractivity contribution in [3.63, 3.8) is 0 Å². The van der Waals surface area contributed by atoms with Gasteiger partial charge >= 0.3 is 6.08 Å². The zero-order valence-corrected chi connectivity index (χ0v) is 11.0. The third-order valence-corrected chi connectivity index (χ3v) is 2.65. The Morgan fingerprint density at radius 3 is 2.80 bits per heavy atom. The zero-order valence-electron chi connectivity index (χ0n) is 11.0. The van der Waals surface area contributed by atoms with Gasteiger partial charge in [0.25, 0.3) is 5.89 Å². The molecule has 7 nitrogen and oxygen atoms in total. The lowest BCUT2D eigenvalue weighted by Gasteiger charge is -2.04. The van der Waals surface area contributed by atoms with Crippen LogP contribution in [0.2, 0.25) is 0 Å². The molecule has 20 heavy (non-hydrogen) atoms. The summed E-state index contributed by atoms with van der Waals surface area (Å²) in [6, 6.07) is 7.25. The van der Waals surface area contributed by atoms with Crippen LogP contribution in [-0.2, 0) is 4.74 Å². The van der Waals surface area contributed by atoms with E-state index in [9.17, 15) is 0 Å². The number of hydrogen-bond acceptors (Lipinski definition) is 7. The lowest BCUT2D eigenvalue weighted by Crippen LogP contribution is -1.98. The second-order valence-corrected chi connectivity index (χ2v) is 3.91. The maximum Gasteiger partial charge on any atom is 0.414 e. The van der Waals surface area contributed by atoms with Gasteiger partial charge in [-0.05, 0) is 12.1 Å². The van der Waals surface area contributed by atoms with E-state index in [1.807, 2.05) is 18.2 Å². The molecule has 7 heteroatoms. The molecule has 3 rings (SSSR count). The molecule has 104 valence electrons. The minimum Gasteiger partial charge on any atom is -0.467 e. The van der Waals surface area contributed by atoms with Crippen molar-refractivity contribution < 1.29 is 23.0 Å². The minimum absolute atomic E-state index is 0.0799. The van der Waals surface area contributed by atoms with Crippen LogP contribution in [0.4, 0.5) is 0 Å². The van der Waals surface area contributed by atoms with Gasteiger partial charge < -0.3 is 23.0 Å². The van der Waals surface area contributed by atoms with E-state index in [1.54, 1.807) is 13.2 Å². The number of rotatable bonds is 5.